The second-order valence-electron chi connectivity index (χ2n) is 7.43. The van der Waals surface area contributed by atoms with Gasteiger partial charge in [0.15, 0.2) is 0 Å². The molecule has 0 spiro atoms. The quantitative estimate of drug-likeness (QED) is 0.701. The molecule has 6 nitrogen and oxygen atoms in total. The highest BCUT2D eigenvalue weighted by molar-refractivity contribution is 7.92. The van der Waals surface area contributed by atoms with Crippen LogP contribution in [0, 0.1) is 5.92 Å². The maximum atomic E-state index is 12.8. The number of hydrogen-bond donors (Lipinski definition) is 1. The Bertz CT molecular complexity index is 936. The van der Waals surface area contributed by atoms with E-state index in [4.69, 9.17) is 4.74 Å². The fourth-order valence-electron chi connectivity index (χ4n) is 3.68. The molecule has 0 aliphatic heterocycles. The Kier molecular flexibility index (Phi) is 6.79. The molecule has 1 saturated carbocycles. The van der Waals surface area contributed by atoms with E-state index in [0.717, 1.165) is 12.8 Å². The predicted molar refractivity (Wildman–Crippen MR) is 114 cm³/mol. The van der Waals surface area contributed by atoms with Gasteiger partial charge in [-0.05, 0) is 68.1 Å². The number of amides is 1. The summed E-state index contributed by atoms with van der Waals surface area (Å²) >= 11 is 0. The second kappa shape index (κ2) is 9.31. The third-order valence-corrected chi connectivity index (χ3v) is 6.54. The minimum absolute atomic E-state index is 0.0616. The molecule has 29 heavy (non-hydrogen) atoms. The van der Waals surface area contributed by atoms with Crippen molar-refractivity contribution in [2.45, 2.75) is 37.5 Å². The number of carbonyl (C=O) groups is 1. The van der Waals surface area contributed by atoms with Crippen molar-refractivity contribution in [3.05, 3.63) is 54.1 Å². The van der Waals surface area contributed by atoms with E-state index in [2.05, 4.69) is 4.72 Å². The third kappa shape index (κ3) is 5.50. The van der Waals surface area contributed by atoms with Crippen LogP contribution < -0.4 is 9.46 Å². The van der Waals surface area contributed by atoms with Crippen LogP contribution in [-0.4, -0.2) is 39.4 Å². The van der Waals surface area contributed by atoms with Crippen molar-refractivity contribution < 1.29 is 17.9 Å². The Morgan fingerprint density at radius 3 is 2.48 bits per heavy atom. The summed E-state index contributed by atoms with van der Waals surface area (Å²) in [6, 6.07) is 12.9. The fourth-order valence-corrected chi connectivity index (χ4v) is 4.78. The summed E-state index contributed by atoms with van der Waals surface area (Å²) in [7, 11) is -2.03. The Balaban J connectivity index is 1.72. The van der Waals surface area contributed by atoms with Crippen molar-refractivity contribution in [2.24, 2.45) is 5.92 Å². The van der Waals surface area contributed by atoms with Crippen LogP contribution in [0.25, 0.3) is 0 Å². The molecule has 1 amide bonds. The Morgan fingerprint density at radius 1 is 1.14 bits per heavy atom. The van der Waals surface area contributed by atoms with Crippen LogP contribution in [0.4, 0.5) is 5.69 Å². The van der Waals surface area contributed by atoms with Gasteiger partial charge in [0.25, 0.3) is 15.9 Å². The monoisotopic (exact) mass is 416 g/mol. The van der Waals surface area contributed by atoms with Gasteiger partial charge in [0.05, 0.1) is 11.5 Å². The number of nitrogens with zero attached hydrogens (tertiary/aromatic N) is 1. The summed E-state index contributed by atoms with van der Waals surface area (Å²) in [5.74, 6) is 1.06. The molecule has 0 heterocycles. The Morgan fingerprint density at radius 2 is 1.83 bits per heavy atom. The number of rotatable bonds is 8. The first-order chi connectivity index (χ1) is 13.9. The van der Waals surface area contributed by atoms with Gasteiger partial charge in [-0.15, -0.1) is 0 Å². The summed E-state index contributed by atoms with van der Waals surface area (Å²) in [6.07, 6.45) is 4.74. The van der Waals surface area contributed by atoms with Crippen LogP contribution in [-0.2, 0) is 10.0 Å². The second-order valence-corrected chi connectivity index (χ2v) is 9.11. The molecule has 156 valence electrons. The lowest BCUT2D eigenvalue weighted by atomic mass is 10.1. The number of ether oxygens (including phenoxy) is 1. The molecule has 1 aliphatic carbocycles. The van der Waals surface area contributed by atoms with Gasteiger partial charge in [-0.1, -0.05) is 18.9 Å². The molecule has 3 rings (SSSR count). The molecule has 0 radical (unpaired) electrons. The molecule has 1 N–H and O–H groups in total. The van der Waals surface area contributed by atoms with E-state index in [1.807, 2.05) is 6.92 Å². The van der Waals surface area contributed by atoms with E-state index >= 15 is 0 Å². The number of sulfonamides is 1. The highest BCUT2D eigenvalue weighted by atomic mass is 32.2. The average Bonchev–Trinajstić information content (AvgIpc) is 3.22. The molecule has 0 aromatic heterocycles. The van der Waals surface area contributed by atoms with Crippen LogP contribution in [0.2, 0.25) is 0 Å². The van der Waals surface area contributed by atoms with Crippen molar-refractivity contribution in [2.75, 3.05) is 24.9 Å². The third-order valence-electron chi connectivity index (χ3n) is 5.16. The van der Waals surface area contributed by atoms with Gasteiger partial charge in [0, 0.05) is 24.8 Å². The van der Waals surface area contributed by atoms with Gasteiger partial charge in [-0.2, -0.15) is 0 Å². The maximum absolute atomic E-state index is 12.8. The van der Waals surface area contributed by atoms with Crippen molar-refractivity contribution in [1.29, 1.82) is 0 Å². The SMILES string of the molecule is CCOc1ccc(NS(=O)(=O)c2cccc(C(=O)N(C)CC3CCCC3)c2)cc1. The summed E-state index contributed by atoms with van der Waals surface area (Å²) in [5.41, 5.74) is 0.809. The van der Waals surface area contributed by atoms with Crippen molar-refractivity contribution >= 4 is 21.6 Å². The number of nitrogens with one attached hydrogen (secondary N) is 1. The molecule has 1 fully saturated rings. The zero-order valence-corrected chi connectivity index (χ0v) is 17.7. The lowest BCUT2D eigenvalue weighted by Crippen LogP contribution is -2.31. The smallest absolute Gasteiger partial charge is 0.261 e. The van der Waals surface area contributed by atoms with Crippen molar-refractivity contribution in [3.8, 4) is 5.75 Å². The lowest BCUT2D eigenvalue weighted by Gasteiger charge is -2.21. The van der Waals surface area contributed by atoms with Crippen LogP contribution >= 0.6 is 0 Å². The van der Waals surface area contributed by atoms with E-state index in [-0.39, 0.29) is 10.8 Å². The first-order valence-electron chi connectivity index (χ1n) is 10.0. The molecule has 0 unspecified atom stereocenters. The first-order valence-corrected chi connectivity index (χ1v) is 11.5. The largest absolute Gasteiger partial charge is 0.494 e. The van der Waals surface area contributed by atoms with Crippen LogP contribution in [0.3, 0.4) is 0 Å². The summed E-state index contributed by atoms with van der Waals surface area (Å²) < 4.78 is 33.5. The fraction of sp³-hybridized carbons (Fsp3) is 0.409. The molecular formula is C22H28N2O4S. The van der Waals surface area contributed by atoms with E-state index in [0.29, 0.717) is 36.1 Å². The van der Waals surface area contributed by atoms with Gasteiger partial charge in [-0.3, -0.25) is 9.52 Å². The minimum atomic E-state index is -3.80. The summed E-state index contributed by atoms with van der Waals surface area (Å²) in [4.78, 5) is 14.5. The minimum Gasteiger partial charge on any atom is -0.494 e. The number of carbonyl (C=O) groups excluding carboxylic acids is 1. The summed E-state index contributed by atoms with van der Waals surface area (Å²) in [6.45, 7) is 3.14. The van der Waals surface area contributed by atoms with Crippen LogP contribution in [0.5, 0.6) is 5.75 Å². The number of anilines is 1. The van der Waals surface area contributed by atoms with Gasteiger partial charge >= 0.3 is 0 Å². The topological polar surface area (TPSA) is 75.7 Å². The van der Waals surface area contributed by atoms with Gasteiger partial charge in [-0.25, -0.2) is 8.42 Å². The Hall–Kier alpha value is -2.54. The predicted octanol–water partition coefficient (Wildman–Crippen LogP) is 4.15. The maximum Gasteiger partial charge on any atom is 0.261 e. The van der Waals surface area contributed by atoms with E-state index < -0.39 is 10.0 Å². The summed E-state index contributed by atoms with van der Waals surface area (Å²) in [5, 5.41) is 0. The van der Waals surface area contributed by atoms with Gasteiger partial charge in [0.1, 0.15) is 5.75 Å². The highest BCUT2D eigenvalue weighted by Crippen LogP contribution is 2.26. The molecule has 0 atom stereocenters. The molecule has 0 saturated heterocycles. The van der Waals surface area contributed by atoms with Gasteiger partial charge in [0.2, 0.25) is 0 Å². The molecule has 1 aliphatic rings. The zero-order chi connectivity index (χ0) is 20.9. The molecular weight excluding hydrogens is 388 g/mol. The molecule has 0 bridgehead atoms. The molecule has 2 aromatic carbocycles. The van der Waals surface area contributed by atoms with Crippen molar-refractivity contribution in [1.82, 2.24) is 4.90 Å². The standard InChI is InChI=1S/C22H28N2O4S/c1-3-28-20-13-11-19(12-14-20)23-29(26,27)21-10-6-9-18(15-21)22(25)24(2)16-17-7-4-5-8-17/h6,9-15,17,23H,3-5,7-8,16H2,1-2H3. The Labute approximate surface area is 172 Å². The number of benzene rings is 2. The highest BCUT2D eigenvalue weighted by Gasteiger charge is 2.22. The van der Waals surface area contributed by atoms with E-state index in [1.54, 1.807) is 48.3 Å². The van der Waals surface area contributed by atoms with Gasteiger partial charge < -0.3 is 9.64 Å². The van der Waals surface area contributed by atoms with E-state index in [1.165, 1.54) is 25.0 Å². The zero-order valence-electron chi connectivity index (χ0n) is 16.9. The normalized spacial score (nSPS) is 14.6. The number of hydrogen-bond acceptors (Lipinski definition) is 4. The van der Waals surface area contributed by atoms with E-state index in [9.17, 15) is 13.2 Å². The lowest BCUT2D eigenvalue weighted by molar-refractivity contribution is 0.0773. The average molecular weight is 417 g/mol. The van der Waals surface area contributed by atoms with Crippen LogP contribution in [0.15, 0.2) is 53.4 Å². The van der Waals surface area contributed by atoms with Crippen molar-refractivity contribution in [3.63, 3.8) is 0 Å². The first kappa shape index (κ1) is 21.2. The molecule has 7 heteroatoms. The molecule has 2 aromatic rings. The van der Waals surface area contributed by atoms with Crippen LogP contribution in [0.1, 0.15) is 43.0 Å².